The predicted molar refractivity (Wildman–Crippen MR) is 170 cm³/mol. The summed E-state index contributed by atoms with van der Waals surface area (Å²) in [5, 5.41) is 9.35. The van der Waals surface area contributed by atoms with E-state index >= 15 is 0 Å². The second kappa shape index (κ2) is 16.6. The third kappa shape index (κ3) is 9.65. The number of hydrogen-bond acceptors (Lipinski definition) is 8. The SMILES string of the molecule is CCCCOc1ccc(C(=O)Oc2ccc(/C=N/NC(=O)C(=O)Nc3ccccc3C(=O)NC3CCCCC3)cc2OC)cc1. The maximum absolute atomic E-state index is 12.8. The number of amides is 3. The fraction of sp³-hybridized carbons (Fsp3) is 0.324. The van der Waals surface area contributed by atoms with Gasteiger partial charge in [-0.2, -0.15) is 5.10 Å². The van der Waals surface area contributed by atoms with E-state index in [9.17, 15) is 19.2 Å². The van der Waals surface area contributed by atoms with Crippen molar-refractivity contribution in [3.05, 3.63) is 83.4 Å². The first-order chi connectivity index (χ1) is 21.9. The van der Waals surface area contributed by atoms with Crippen LogP contribution in [0, 0.1) is 0 Å². The van der Waals surface area contributed by atoms with Crippen LogP contribution >= 0.6 is 0 Å². The maximum atomic E-state index is 12.8. The molecule has 0 radical (unpaired) electrons. The molecule has 0 atom stereocenters. The third-order valence-electron chi connectivity index (χ3n) is 7.19. The molecule has 3 aromatic rings. The molecule has 4 rings (SSSR count). The monoisotopic (exact) mass is 614 g/mol. The number of para-hydroxylation sites is 1. The summed E-state index contributed by atoms with van der Waals surface area (Å²) in [5.74, 6) is -1.74. The summed E-state index contributed by atoms with van der Waals surface area (Å²) >= 11 is 0. The minimum atomic E-state index is -1.02. The van der Waals surface area contributed by atoms with Gasteiger partial charge in [0.15, 0.2) is 11.5 Å². The van der Waals surface area contributed by atoms with Crippen molar-refractivity contribution in [3.8, 4) is 17.2 Å². The number of ether oxygens (including phenoxy) is 3. The Hall–Kier alpha value is -5.19. The number of nitrogens with one attached hydrogen (secondary N) is 3. The number of esters is 1. The lowest BCUT2D eigenvalue weighted by molar-refractivity contribution is -0.136. The molecular formula is C34H38N4O7. The minimum absolute atomic E-state index is 0.0974. The number of carbonyl (C=O) groups is 4. The Morgan fingerprint density at radius 2 is 1.67 bits per heavy atom. The Morgan fingerprint density at radius 3 is 2.40 bits per heavy atom. The van der Waals surface area contributed by atoms with Crippen LogP contribution < -0.4 is 30.3 Å². The van der Waals surface area contributed by atoms with Crippen molar-refractivity contribution in [2.75, 3.05) is 19.0 Å². The van der Waals surface area contributed by atoms with Gasteiger partial charge in [0.2, 0.25) is 0 Å². The minimum Gasteiger partial charge on any atom is -0.494 e. The zero-order valence-corrected chi connectivity index (χ0v) is 25.5. The van der Waals surface area contributed by atoms with Crippen LogP contribution in [0.4, 0.5) is 5.69 Å². The molecular weight excluding hydrogens is 576 g/mol. The lowest BCUT2D eigenvalue weighted by atomic mass is 9.95. The zero-order chi connectivity index (χ0) is 32.0. The fourth-order valence-corrected chi connectivity index (χ4v) is 4.72. The van der Waals surface area contributed by atoms with Gasteiger partial charge in [0.1, 0.15) is 5.75 Å². The highest BCUT2D eigenvalue weighted by Crippen LogP contribution is 2.29. The smallest absolute Gasteiger partial charge is 0.343 e. The average molecular weight is 615 g/mol. The Morgan fingerprint density at radius 1 is 0.911 bits per heavy atom. The van der Waals surface area contributed by atoms with Crippen LogP contribution in [0.2, 0.25) is 0 Å². The van der Waals surface area contributed by atoms with Gasteiger partial charge in [0.25, 0.3) is 5.91 Å². The summed E-state index contributed by atoms with van der Waals surface area (Å²) in [5.41, 5.74) is 3.52. The second-order valence-electron chi connectivity index (χ2n) is 10.5. The molecule has 0 aromatic heterocycles. The van der Waals surface area contributed by atoms with E-state index in [2.05, 4.69) is 28.1 Å². The lowest BCUT2D eigenvalue weighted by Gasteiger charge is -2.23. The summed E-state index contributed by atoms with van der Waals surface area (Å²) in [7, 11) is 1.43. The fourth-order valence-electron chi connectivity index (χ4n) is 4.72. The van der Waals surface area contributed by atoms with E-state index in [1.807, 2.05) is 0 Å². The summed E-state index contributed by atoms with van der Waals surface area (Å²) < 4.78 is 16.5. The van der Waals surface area contributed by atoms with Crippen molar-refractivity contribution >= 4 is 35.6 Å². The van der Waals surface area contributed by atoms with Gasteiger partial charge < -0.3 is 24.8 Å². The molecule has 3 N–H and O–H groups in total. The van der Waals surface area contributed by atoms with E-state index < -0.39 is 17.8 Å². The number of methoxy groups -OCH3 is 1. The van der Waals surface area contributed by atoms with Gasteiger partial charge in [0, 0.05) is 6.04 Å². The number of nitrogens with zero attached hydrogens (tertiary/aromatic N) is 1. The van der Waals surface area contributed by atoms with Crippen molar-refractivity contribution in [2.24, 2.45) is 5.10 Å². The first-order valence-corrected chi connectivity index (χ1v) is 15.0. The molecule has 11 heteroatoms. The van der Waals surface area contributed by atoms with Crippen LogP contribution in [-0.2, 0) is 9.59 Å². The molecule has 0 spiro atoms. The lowest BCUT2D eigenvalue weighted by Crippen LogP contribution is -2.37. The summed E-state index contributed by atoms with van der Waals surface area (Å²) in [6.07, 6.45) is 8.43. The molecule has 11 nitrogen and oxygen atoms in total. The van der Waals surface area contributed by atoms with Crippen molar-refractivity contribution in [3.63, 3.8) is 0 Å². The normalized spacial score (nSPS) is 13.1. The number of benzene rings is 3. The predicted octanol–water partition coefficient (Wildman–Crippen LogP) is 5.24. The van der Waals surface area contributed by atoms with Gasteiger partial charge in [0.05, 0.1) is 36.7 Å². The molecule has 0 saturated heterocycles. The molecule has 0 bridgehead atoms. The largest absolute Gasteiger partial charge is 0.494 e. The molecule has 1 fully saturated rings. The van der Waals surface area contributed by atoms with E-state index in [1.165, 1.54) is 19.4 Å². The number of carbonyl (C=O) groups excluding carboxylic acids is 4. The Balaban J connectivity index is 1.31. The molecule has 1 aliphatic rings. The zero-order valence-electron chi connectivity index (χ0n) is 25.5. The highest BCUT2D eigenvalue weighted by Gasteiger charge is 2.21. The number of anilines is 1. The van der Waals surface area contributed by atoms with E-state index in [1.54, 1.807) is 60.7 Å². The van der Waals surface area contributed by atoms with Crippen LogP contribution in [0.25, 0.3) is 0 Å². The van der Waals surface area contributed by atoms with Crippen molar-refractivity contribution in [1.29, 1.82) is 0 Å². The van der Waals surface area contributed by atoms with Crippen LogP contribution in [0.5, 0.6) is 17.2 Å². The van der Waals surface area contributed by atoms with E-state index in [0.717, 1.165) is 44.9 Å². The van der Waals surface area contributed by atoms with Crippen LogP contribution in [0.15, 0.2) is 71.8 Å². The summed E-state index contributed by atoms with van der Waals surface area (Å²) in [6.45, 7) is 2.69. The molecule has 3 amide bonds. The van der Waals surface area contributed by atoms with Crippen LogP contribution in [0.3, 0.4) is 0 Å². The van der Waals surface area contributed by atoms with Gasteiger partial charge in [-0.25, -0.2) is 10.2 Å². The Labute approximate surface area is 262 Å². The van der Waals surface area contributed by atoms with Crippen LogP contribution in [0.1, 0.15) is 78.1 Å². The highest BCUT2D eigenvalue weighted by atomic mass is 16.6. The van der Waals surface area contributed by atoms with E-state index in [0.29, 0.717) is 23.5 Å². The third-order valence-corrected chi connectivity index (χ3v) is 7.19. The summed E-state index contributed by atoms with van der Waals surface area (Å²) in [6, 6.07) is 18.0. The first kappa shape index (κ1) is 32.7. The van der Waals surface area contributed by atoms with Gasteiger partial charge in [-0.05, 0) is 79.4 Å². The molecule has 1 saturated carbocycles. The van der Waals surface area contributed by atoms with Crippen molar-refractivity contribution in [1.82, 2.24) is 10.7 Å². The van der Waals surface area contributed by atoms with Gasteiger partial charge in [-0.1, -0.05) is 44.7 Å². The highest BCUT2D eigenvalue weighted by molar-refractivity contribution is 6.40. The molecule has 1 aliphatic carbocycles. The Kier molecular flexibility index (Phi) is 12.1. The number of rotatable bonds is 12. The number of hydrazone groups is 1. The van der Waals surface area contributed by atoms with E-state index in [-0.39, 0.29) is 34.7 Å². The standard InChI is InChI=1S/C34H38N4O7/c1-3-4-20-44-26-17-15-24(16-18-26)34(42)45-29-19-14-23(21-30(29)43-2)22-35-38-33(41)32(40)37-28-13-9-8-12-27(28)31(39)36-25-10-6-5-7-11-25/h8-9,12-19,21-22,25H,3-7,10-11,20H2,1-2H3,(H,36,39)(H,37,40)(H,38,41)/b35-22+. The molecule has 45 heavy (non-hydrogen) atoms. The molecule has 0 unspecified atom stereocenters. The van der Waals surface area contributed by atoms with Crippen molar-refractivity contribution in [2.45, 2.75) is 57.9 Å². The molecule has 236 valence electrons. The number of hydrogen-bond donors (Lipinski definition) is 3. The molecule has 3 aromatic carbocycles. The Bertz CT molecular complexity index is 1520. The number of unbranched alkanes of at least 4 members (excludes halogenated alkanes) is 1. The van der Waals surface area contributed by atoms with Gasteiger partial charge in [-0.3, -0.25) is 14.4 Å². The van der Waals surface area contributed by atoms with Crippen LogP contribution in [-0.4, -0.2) is 49.7 Å². The molecule has 0 aliphatic heterocycles. The van der Waals surface area contributed by atoms with E-state index in [4.69, 9.17) is 14.2 Å². The average Bonchev–Trinajstić information content (AvgIpc) is 3.06. The van der Waals surface area contributed by atoms with Gasteiger partial charge >= 0.3 is 17.8 Å². The second-order valence-corrected chi connectivity index (χ2v) is 10.5. The first-order valence-electron chi connectivity index (χ1n) is 15.0. The summed E-state index contributed by atoms with van der Waals surface area (Å²) in [4.78, 5) is 50.5. The topological polar surface area (TPSA) is 144 Å². The van der Waals surface area contributed by atoms with Gasteiger partial charge in [-0.15, -0.1) is 0 Å². The quantitative estimate of drug-likeness (QED) is 0.0632. The van der Waals surface area contributed by atoms with Crippen molar-refractivity contribution < 1.29 is 33.4 Å². The molecule has 0 heterocycles. The maximum Gasteiger partial charge on any atom is 0.343 e.